The third-order valence-electron chi connectivity index (χ3n) is 7.95. The Morgan fingerprint density at radius 1 is 0.550 bits per heavy atom. The molecule has 0 radical (unpaired) electrons. The second-order valence-corrected chi connectivity index (χ2v) is 23.2. The van der Waals surface area contributed by atoms with E-state index >= 15 is 17.6 Å². The summed E-state index contributed by atoms with van der Waals surface area (Å²) in [6.45, 7) is 21.4. The Morgan fingerprint density at radius 2 is 0.850 bits per heavy atom. The Morgan fingerprint density at radius 3 is 1.12 bits per heavy atom. The molecule has 0 aromatic heterocycles. The summed E-state index contributed by atoms with van der Waals surface area (Å²) in [5.74, 6) is -9.06. The molecule has 2 N–H and O–H groups in total. The molecule has 40 heavy (non-hydrogen) atoms. The molecule has 0 fully saturated rings. The number of halogens is 4. The number of benzene rings is 3. The second kappa shape index (κ2) is 11.1. The highest BCUT2D eigenvalue weighted by atomic mass is 28.3. The molecule has 10 heteroatoms. The molecule has 0 aliphatic carbocycles. The third-order valence-corrected chi connectivity index (χ3v) is 17.3. The van der Waals surface area contributed by atoms with Gasteiger partial charge in [0, 0.05) is 23.5 Å². The first-order valence-electron chi connectivity index (χ1n) is 13.2. The van der Waals surface area contributed by atoms with Crippen molar-refractivity contribution in [1.29, 1.82) is 0 Å². The predicted octanol–water partition coefficient (Wildman–Crippen LogP) is 10.7. The second-order valence-electron chi connectivity index (χ2n) is 13.2. The Labute approximate surface area is 237 Å². The minimum atomic E-state index is -1.96. The van der Waals surface area contributed by atoms with Crippen LogP contribution in [0.15, 0.2) is 48.5 Å². The first kappa shape index (κ1) is 31.5. The Balaban J connectivity index is 1.89. The summed E-state index contributed by atoms with van der Waals surface area (Å²) in [5, 5.41) is 0.0367. The quantitative estimate of drug-likeness (QED) is 0.155. The molecule has 0 heterocycles. The molecular formula is C30H40F4N2O2Si2. The van der Waals surface area contributed by atoms with Crippen LogP contribution < -0.4 is 19.4 Å². The van der Waals surface area contributed by atoms with Gasteiger partial charge in [-0.25, -0.2) is 0 Å². The lowest BCUT2D eigenvalue weighted by atomic mass is 10.2. The summed E-state index contributed by atoms with van der Waals surface area (Å²) in [5.41, 5.74) is 1.36. The number of hydrogen-bond donors (Lipinski definition) is 2. The zero-order valence-electron chi connectivity index (χ0n) is 24.9. The summed E-state index contributed by atoms with van der Waals surface area (Å²) in [7, 11) is -3.93. The number of nitrogens with one attached hydrogen (secondary N) is 2. The van der Waals surface area contributed by atoms with E-state index in [0.717, 1.165) is 0 Å². The summed E-state index contributed by atoms with van der Waals surface area (Å²) < 4.78 is 70.9. The molecule has 3 aromatic rings. The van der Waals surface area contributed by atoms with Crippen molar-refractivity contribution in [3.63, 3.8) is 0 Å². The van der Waals surface area contributed by atoms with Gasteiger partial charge in [0.1, 0.15) is 11.5 Å². The van der Waals surface area contributed by atoms with Crippen molar-refractivity contribution in [2.75, 3.05) is 9.96 Å². The standard InChI is InChI=1S/C30H40F4N2O2Si2/c1-29(2,3)39(7,8)35-19-13-11-15-21(17-19)37-27-23(31)25(33)28(26(34)24(27)32)38-22-16-12-14-20(18-22)36-40(9,10)30(4,5)6/h11-18,35-36H,1-10H3. The van der Waals surface area contributed by atoms with E-state index in [9.17, 15) is 0 Å². The van der Waals surface area contributed by atoms with E-state index in [1.165, 1.54) is 12.1 Å². The third kappa shape index (κ3) is 6.83. The van der Waals surface area contributed by atoms with Gasteiger partial charge >= 0.3 is 0 Å². The average Bonchev–Trinajstić information content (AvgIpc) is 2.82. The minimum Gasteiger partial charge on any atom is -0.451 e. The van der Waals surface area contributed by atoms with Gasteiger partial charge in [-0.05, 0) is 34.3 Å². The fraction of sp³-hybridized carbons (Fsp3) is 0.400. The lowest BCUT2D eigenvalue weighted by Gasteiger charge is -2.38. The highest BCUT2D eigenvalue weighted by Crippen LogP contribution is 2.41. The van der Waals surface area contributed by atoms with Crippen LogP contribution in [0.5, 0.6) is 23.0 Å². The molecule has 0 atom stereocenters. The number of anilines is 2. The van der Waals surface area contributed by atoms with Gasteiger partial charge in [-0.1, -0.05) is 79.9 Å². The normalized spacial score (nSPS) is 12.8. The van der Waals surface area contributed by atoms with E-state index in [1.54, 1.807) is 36.4 Å². The van der Waals surface area contributed by atoms with E-state index < -0.39 is 51.2 Å². The minimum absolute atomic E-state index is 0.0183. The maximum absolute atomic E-state index is 15.1. The van der Waals surface area contributed by atoms with Crippen molar-refractivity contribution in [2.24, 2.45) is 0 Å². The van der Waals surface area contributed by atoms with Crippen LogP contribution in [0.2, 0.25) is 36.3 Å². The van der Waals surface area contributed by atoms with E-state index in [-0.39, 0.29) is 21.6 Å². The molecule has 0 bridgehead atoms. The topological polar surface area (TPSA) is 42.5 Å². The lowest BCUT2D eigenvalue weighted by Crippen LogP contribution is -2.45. The molecule has 3 aromatic carbocycles. The van der Waals surface area contributed by atoms with Crippen LogP contribution in [-0.2, 0) is 0 Å². The smallest absolute Gasteiger partial charge is 0.208 e. The van der Waals surface area contributed by atoms with Crippen molar-refractivity contribution in [3.05, 3.63) is 71.8 Å². The fourth-order valence-electron chi connectivity index (χ4n) is 3.38. The van der Waals surface area contributed by atoms with E-state index in [0.29, 0.717) is 11.4 Å². The highest BCUT2D eigenvalue weighted by Gasteiger charge is 2.37. The van der Waals surface area contributed by atoms with Crippen LogP contribution in [0.1, 0.15) is 41.5 Å². The molecule has 0 unspecified atom stereocenters. The van der Waals surface area contributed by atoms with Gasteiger partial charge in [-0.2, -0.15) is 17.6 Å². The van der Waals surface area contributed by atoms with Gasteiger partial charge in [0.25, 0.3) is 0 Å². The average molecular weight is 593 g/mol. The maximum atomic E-state index is 15.1. The van der Waals surface area contributed by atoms with E-state index in [1.807, 2.05) is 0 Å². The first-order valence-corrected chi connectivity index (χ1v) is 19.2. The SMILES string of the molecule is CC(C)(C)[Si](C)(C)Nc1cccc(Oc2c(F)c(F)c(Oc3cccc(N[Si](C)(C)C(C)(C)C)c3)c(F)c2F)c1. The van der Waals surface area contributed by atoms with Crippen LogP contribution in [0, 0.1) is 23.3 Å². The van der Waals surface area contributed by atoms with Gasteiger partial charge in [0.05, 0.1) is 0 Å². The molecule has 0 amide bonds. The van der Waals surface area contributed by atoms with Crippen molar-refractivity contribution in [1.82, 2.24) is 0 Å². The maximum Gasteiger partial charge on any atom is 0.208 e. The summed E-state index contributed by atoms with van der Waals surface area (Å²) in [4.78, 5) is 7.00. The zero-order chi connectivity index (χ0) is 30.3. The van der Waals surface area contributed by atoms with Crippen LogP contribution >= 0.6 is 0 Å². The van der Waals surface area contributed by atoms with Gasteiger partial charge < -0.3 is 19.4 Å². The molecule has 0 spiro atoms. The molecule has 0 saturated heterocycles. The van der Waals surface area contributed by atoms with Crippen molar-refractivity contribution in [2.45, 2.75) is 77.8 Å². The molecule has 0 aliphatic rings. The van der Waals surface area contributed by atoms with Crippen molar-refractivity contribution < 1.29 is 27.0 Å². The zero-order valence-corrected chi connectivity index (χ0v) is 26.9. The van der Waals surface area contributed by atoms with E-state index in [4.69, 9.17) is 9.47 Å². The monoisotopic (exact) mass is 592 g/mol. The summed E-state index contributed by atoms with van der Waals surface area (Å²) in [6.07, 6.45) is 0. The summed E-state index contributed by atoms with van der Waals surface area (Å²) >= 11 is 0. The number of hydrogen-bond acceptors (Lipinski definition) is 4. The molecule has 4 nitrogen and oxygen atoms in total. The molecule has 3 rings (SSSR count). The van der Waals surface area contributed by atoms with Gasteiger partial charge in [0.2, 0.25) is 34.8 Å². The molecule has 0 aliphatic heterocycles. The van der Waals surface area contributed by atoms with Crippen LogP contribution in [0.3, 0.4) is 0 Å². The van der Waals surface area contributed by atoms with Crippen molar-refractivity contribution >= 4 is 27.8 Å². The van der Waals surface area contributed by atoms with Crippen molar-refractivity contribution in [3.8, 4) is 23.0 Å². The highest BCUT2D eigenvalue weighted by molar-refractivity contribution is 6.83. The van der Waals surface area contributed by atoms with Gasteiger partial charge in [0.15, 0.2) is 16.5 Å². The predicted molar refractivity (Wildman–Crippen MR) is 161 cm³/mol. The van der Waals surface area contributed by atoms with Crippen LogP contribution in [-0.4, -0.2) is 16.5 Å². The van der Waals surface area contributed by atoms with Crippen LogP contribution in [0.4, 0.5) is 28.9 Å². The number of rotatable bonds is 8. The molecular weight excluding hydrogens is 553 g/mol. The molecule has 218 valence electrons. The largest absolute Gasteiger partial charge is 0.451 e. The number of ether oxygens (including phenoxy) is 2. The van der Waals surface area contributed by atoms with Crippen LogP contribution in [0.25, 0.3) is 0 Å². The van der Waals surface area contributed by atoms with Gasteiger partial charge in [-0.15, -0.1) is 0 Å². The lowest BCUT2D eigenvalue weighted by molar-refractivity contribution is 0.330. The summed E-state index contributed by atoms with van der Waals surface area (Å²) in [6, 6.07) is 12.9. The van der Waals surface area contributed by atoms with Gasteiger partial charge in [-0.3, -0.25) is 0 Å². The molecule has 0 saturated carbocycles. The Hall–Kier alpha value is -2.99. The Kier molecular flexibility index (Phi) is 8.77. The Bertz CT molecular complexity index is 1250. The fourth-order valence-corrected chi connectivity index (χ4v) is 5.88. The first-order chi connectivity index (χ1) is 18.2. The van der Waals surface area contributed by atoms with E-state index in [2.05, 4.69) is 77.7 Å².